The van der Waals surface area contributed by atoms with Gasteiger partial charge in [0.15, 0.2) is 0 Å². The molecule has 1 aromatic rings. The Morgan fingerprint density at radius 2 is 1.75 bits per heavy atom. The SMILES string of the molecule is O=C(CN1CCCC1)N1CCN(c2nccc(C(F)(F)F)n2)CC1. The van der Waals surface area contributed by atoms with Crippen LogP contribution in [-0.2, 0) is 11.0 Å². The molecule has 0 aliphatic carbocycles. The molecule has 9 heteroatoms. The Bertz CT molecular complexity index is 581. The van der Waals surface area contributed by atoms with Gasteiger partial charge in [-0.3, -0.25) is 9.69 Å². The number of halogens is 3. The largest absolute Gasteiger partial charge is 0.433 e. The fourth-order valence-corrected chi connectivity index (χ4v) is 3.05. The van der Waals surface area contributed by atoms with Gasteiger partial charge in [0.2, 0.25) is 11.9 Å². The van der Waals surface area contributed by atoms with E-state index in [9.17, 15) is 18.0 Å². The van der Waals surface area contributed by atoms with Crippen LogP contribution in [0.1, 0.15) is 18.5 Å². The number of anilines is 1. The highest BCUT2D eigenvalue weighted by molar-refractivity contribution is 5.78. The van der Waals surface area contributed by atoms with E-state index in [0.717, 1.165) is 38.2 Å². The lowest BCUT2D eigenvalue weighted by molar-refractivity contribution is -0.141. The highest BCUT2D eigenvalue weighted by atomic mass is 19.4. The Hall–Kier alpha value is -1.90. The van der Waals surface area contributed by atoms with Gasteiger partial charge in [-0.25, -0.2) is 9.97 Å². The second-order valence-electron chi connectivity index (χ2n) is 6.09. The van der Waals surface area contributed by atoms with Crippen LogP contribution in [0, 0.1) is 0 Å². The maximum absolute atomic E-state index is 12.7. The van der Waals surface area contributed by atoms with Crippen molar-refractivity contribution in [1.82, 2.24) is 19.8 Å². The number of likely N-dealkylation sites (tertiary alicyclic amines) is 1. The summed E-state index contributed by atoms with van der Waals surface area (Å²) in [6, 6.07) is 0.860. The van der Waals surface area contributed by atoms with Gasteiger partial charge in [-0.2, -0.15) is 13.2 Å². The fraction of sp³-hybridized carbons (Fsp3) is 0.667. The van der Waals surface area contributed by atoms with E-state index in [1.165, 1.54) is 0 Å². The molecule has 0 atom stereocenters. The zero-order chi connectivity index (χ0) is 17.2. The van der Waals surface area contributed by atoms with Crippen molar-refractivity contribution in [2.24, 2.45) is 0 Å². The first-order chi connectivity index (χ1) is 11.4. The van der Waals surface area contributed by atoms with Crippen molar-refractivity contribution in [1.29, 1.82) is 0 Å². The van der Waals surface area contributed by atoms with Gasteiger partial charge < -0.3 is 9.80 Å². The third kappa shape index (κ3) is 3.95. The van der Waals surface area contributed by atoms with Crippen molar-refractivity contribution in [2.45, 2.75) is 19.0 Å². The Morgan fingerprint density at radius 3 is 2.38 bits per heavy atom. The minimum atomic E-state index is -4.48. The Labute approximate surface area is 138 Å². The van der Waals surface area contributed by atoms with E-state index in [1.54, 1.807) is 9.80 Å². The molecular weight excluding hydrogens is 323 g/mol. The van der Waals surface area contributed by atoms with Gasteiger partial charge in [-0.15, -0.1) is 0 Å². The van der Waals surface area contributed by atoms with E-state index < -0.39 is 11.9 Å². The molecule has 0 N–H and O–H groups in total. The lowest BCUT2D eigenvalue weighted by Crippen LogP contribution is -2.51. The molecule has 0 saturated carbocycles. The van der Waals surface area contributed by atoms with Crippen LogP contribution in [0.5, 0.6) is 0 Å². The maximum atomic E-state index is 12.7. The zero-order valence-electron chi connectivity index (χ0n) is 13.3. The third-order valence-electron chi connectivity index (χ3n) is 4.41. The molecule has 0 aromatic carbocycles. The number of hydrogen-bond donors (Lipinski definition) is 0. The van der Waals surface area contributed by atoms with Crippen LogP contribution in [0.4, 0.5) is 19.1 Å². The van der Waals surface area contributed by atoms with Crippen LogP contribution in [0.15, 0.2) is 12.3 Å². The standard InChI is InChI=1S/C15H20F3N5O/c16-15(17,18)12-3-4-19-14(20-12)23-9-7-22(8-10-23)13(24)11-21-5-1-2-6-21/h3-4H,1-2,5-11H2. The van der Waals surface area contributed by atoms with Gasteiger partial charge >= 0.3 is 6.18 Å². The molecule has 2 aliphatic heterocycles. The van der Waals surface area contributed by atoms with Gasteiger partial charge in [0.25, 0.3) is 0 Å². The molecular formula is C15H20F3N5O. The number of rotatable bonds is 3. The number of piperazine rings is 1. The summed E-state index contributed by atoms with van der Waals surface area (Å²) in [5.41, 5.74) is -0.944. The third-order valence-corrected chi connectivity index (χ3v) is 4.41. The van der Waals surface area contributed by atoms with Gasteiger partial charge in [-0.05, 0) is 32.0 Å². The Morgan fingerprint density at radius 1 is 1.08 bits per heavy atom. The topological polar surface area (TPSA) is 52.6 Å². The molecule has 2 aliphatic rings. The van der Waals surface area contributed by atoms with Gasteiger partial charge in [0.1, 0.15) is 5.69 Å². The van der Waals surface area contributed by atoms with Crippen LogP contribution in [0.2, 0.25) is 0 Å². The average Bonchev–Trinajstić information content (AvgIpc) is 3.07. The molecule has 3 rings (SSSR count). The fourth-order valence-electron chi connectivity index (χ4n) is 3.05. The van der Waals surface area contributed by atoms with Gasteiger partial charge in [-0.1, -0.05) is 0 Å². The number of carbonyl (C=O) groups is 1. The summed E-state index contributed by atoms with van der Waals surface area (Å²) in [5, 5.41) is 0. The highest BCUT2D eigenvalue weighted by Crippen LogP contribution is 2.28. The molecule has 0 bridgehead atoms. The zero-order valence-corrected chi connectivity index (χ0v) is 13.3. The van der Waals surface area contributed by atoms with Crippen LogP contribution < -0.4 is 4.90 Å². The molecule has 0 radical (unpaired) electrons. The van der Waals surface area contributed by atoms with E-state index in [4.69, 9.17) is 0 Å². The van der Waals surface area contributed by atoms with E-state index in [0.29, 0.717) is 32.7 Å². The van der Waals surface area contributed by atoms with E-state index in [-0.39, 0.29) is 11.9 Å². The first-order valence-corrected chi connectivity index (χ1v) is 8.09. The Balaban J connectivity index is 1.56. The molecule has 6 nitrogen and oxygen atoms in total. The van der Waals surface area contributed by atoms with Crippen molar-refractivity contribution in [2.75, 3.05) is 50.7 Å². The summed E-state index contributed by atoms with van der Waals surface area (Å²) in [7, 11) is 0. The molecule has 24 heavy (non-hydrogen) atoms. The lowest BCUT2D eigenvalue weighted by Gasteiger charge is -2.35. The van der Waals surface area contributed by atoms with Crippen LogP contribution in [-0.4, -0.2) is 71.5 Å². The van der Waals surface area contributed by atoms with Crippen molar-refractivity contribution in [3.63, 3.8) is 0 Å². The summed E-state index contributed by atoms with van der Waals surface area (Å²) < 4.78 is 38.2. The second-order valence-corrected chi connectivity index (χ2v) is 6.09. The number of alkyl halides is 3. The molecule has 1 aromatic heterocycles. The summed E-state index contributed by atoms with van der Waals surface area (Å²) in [5.74, 6) is 0.151. The maximum Gasteiger partial charge on any atom is 0.433 e. The first-order valence-electron chi connectivity index (χ1n) is 8.09. The molecule has 2 saturated heterocycles. The predicted octanol–water partition coefficient (Wildman–Crippen LogP) is 1.24. The monoisotopic (exact) mass is 343 g/mol. The number of hydrogen-bond acceptors (Lipinski definition) is 5. The quantitative estimate of drug-likeness (QED) is 0.827. The number of carbonyl (C=O) groups excluding carboxylic acids is 1. The van der Waals surface area contributed by atoms with Crippen LogP contribution in [0.25, 0.3) is 0 Å². The molecule has 1 amide bonds. The van der Waals surface area contributed by atoms with Gasteiger partial charge in [0.05, 0.1) is 6.54 Å². The van der Waals surface area contributed by atoms with Crippen LogP contribution >= 0.6 is 0 Å². The molecule has 3 heterocycles. The van der Waals surface area contributed by atoms with E-state index >= 15 is 0 Å². The van der Waals surface area contributed by atoms with E-state index in [1.807, 2.05) is 0 Å². The van der Waals surface area contributed by atoms with E-state index in [2.05, 4.69) is 14.9 Å². The lowest BCUT2D eigenvalue weighted by atomic mass is 10.3. The summed E-state index contributed by atoms with van der Waals surface area (Å²) in [6.07, 6.45) is -1.09. The van der Waals surface area contributed by atoms with Crippen molar-refractivity contribution in [3.05, 3.63) is 18.0 Å². The number of aromatic nitrogens is 2. The average molecular weight is 343 g/mol. The minimum Gasteiger partial charge on any atom is -0.338 e. The van der Waals surface area contributed by atoms with Gasteiger partial charge in [0, 0.05) is 32.4 Å². The van der Waals surface area contributed by atoms with Crippen molar-refractivity contribution < 1.29 is 18.0 Å². The number of amides is 1. The predicted molar refractivity (Wildman–Crippen MR) is 81.5 cm³/mol. The molecule has 2 fully saturated rings. The smallest absolute Gasteiger partial charge is 0.338 e. The summed E-state index contributed by atoms with van der Waals surface area (Å²) >= 11 is 0. The normalized spacial score (nSPS) is 19.8. The summed E-state index contributed by atoms with van der Waals surface area (Å²) in [4.78, 5) is 25.4. The highest BCUT2D eigenvalue weighted by Gasteiger charge is 2.33. The molecule has 0 unspecified atom stereocenters. The van der Waals surface area contributed by atoms with Crippen LogP contribution in [0.3, 0.4) is 0 Å². The second kappa shape index (κ2) is 6.92. The molecule has 0 spiro atoms. The minimum absolute atomic E-state index is 0.0662. The van der Waals surface area contributed by atoms with Crippen molar-refractivity contribution in [3.8, 4) is 0 Å². The molecule has 132 valence electrons. The summed E-state index contributed by atoms with van der Waals surface area (Å²) in [6.45, 7) is 4.19. The Kier molecular flexibility index (Phi) is 4.88. The first kappa shape index (κ1) is 16.9. The van der Waals surface area contributed by atoms with Crippen molar-refractivity contribution >= 4 is 11.9 Å². The number of nitrogens with zero attached hydrogens (tertiary/aromatic N) is 5.